The summed E-state index contributed by atoms with van der Waals surface area (Å²) in [7, 11) is -2.37. The average molecular weight is 422 g/mol. The van der Waals surface area contributed by atoms with Crippen molar-refractivity contribution < 1.29 is 14.0 Å². The van der Waals surface area contributed by atoms with E-state index in [0.717, 1.165) is 23.2 Å². The third kappa shape index (κ3) is 5.87. The van der Waals surface area contributed by atoms with Crippen LogP contribution in [0.4, 0.5) is 0 Å². The smallest absolute Gasteiger partial charge is 0.206 e. The summed E-state index contributed by atoms with van der Waals surface area (Å²) in [4.78, 5) is 2.11. The van der Waals surface area contributed by atoms with Crippen molar-refractivity contribution in [2.75, 3.05) is 20.1 Å². The van der Waals surface area contributed by atoms with Crippen LogP contribution in [0.2, 0.25) is 0 Å². The van der Waals surface area contributed by atoms with Crippen LogP contribution in [0.25, 0.3) is 10.8 Å². The second-order valence-electron chi connectivity index (χ2n) is 7.88. The lowest BCUT2D eigenvalue weighted by atomic mass is 9.93. The molecule has 162 valence electrons. The quantitative estimate of drug-likeness (QED) is 0.740. The Labute approximate surface area is 188 Å². The van der Waals surface area contributed by atoms with E-state index in [1.807, 2.05) is 62.4 Å². The van der Waals surface area contributed by atoms with Gasteiger partial charge in [-0.1, -0.05) is 37.3 Å². The monoisotopic (exact) mass is 421 g/mol. The number of benzene rings is 2. The van der Waals surface area contributed by atoms with Gasteiger partial charge in [-0.15, -0.1) is 0 Å². The number of nitrogens with one attached hydrogen (secondary N) is 1. The summed E-state index contributed by atoms with van der Waals surface area (Å²) < 4.78 is 27.0. The second-order valence-corrected chi connectivity index (χ2v) is 7.88. The van der Waals surface area contributed by atoms with E-state index in [9.17, 15) is 5.11 Å². The fourth-order valence-corrected chi connectivity index (χ4v) is 3.51. The molecule has 31 heavy (non-hydrogen) atoms. The first kappa shape index (κ1) is 18.5. The first-order chi connectivity index (χ1) is 16.1. The summed E-state index contributed by atoms with van der Waals surface area (Å²) in [5.74, 6) is 0.00165. The Hall–Kier alpha value is -3.30. The first-order valence-corrected chi connectivity index (χ1v) is 10.4. The third-order valence-corrected chi connectivity index (χ3v) is 5.59. The van der Waals surface area contributed by atoms with E-state index in [4.69, 9.17) is 14.1 Å². The molecule has 0 aliphatic carbocycles. The molecule has 2 aliphatic rings. The van der Waals surface area contributed by atoms with Crippen molar-refractivity contribution in [2.24, 2.45) is 5.10 Å². The number of ether oxygens (including phenoxy) is 1. The number of likely N-dealkylation sites (tertiary alicyclic amines) is 1. The number of allylic oxidation sites excluding steroid dienone is 2. The van der Waals surface area contributed by atoms with Crippen molar-refractivity contribution in [3.8, 4) is 6.07 Å². The molecule has 2 N–H and O–H groups in total. The van der Waals surface area contributed by atoms with Gasteiger partial charge >= 0.3 is 0 Å². The second kappa shape index (κ2) is 10.1. The fourth-order valence-electron chi connectivity index (χ4n) is 3.51. The normalized spacial score (nSPS) is 19.6. The summed E-state index contributed by atoms with van der Waals surface area (Å²) in [6.45, 7) is 5.17. The minimum atomic E-state index is -2.37. The molecular weight excluding hydrogens is 388 g/mol. The lowest BCUT2D eigenvalue weighted by molar-refractivity contribution is -0.0363. The van der Waals surface area contributed by atoms with Gasteiger partial charge in [-0.3, -0.25) is 0 Å². The van der Waals surface area contributed by atoms with Gasteiger partial charge in [0, 0.05) is 31.9 Å². The van der Waals surface area contributed by atoms with Crippen LogP contribution in [0.3, 0.4) is 0 Å². The van der Waals surface area contributed by atoms with Crippen LogP contribution >= 0.6 is 0 Å². The average Bonchev–Trinajstić information content (AvgIpc) is 2.99. The van der Waals surface area contributed by atoms with Crippen LogP contribution in [0.15, 0.2) is 71.3 Å². The number of nitrogens with zero attached hydrogens (tertiary/aromatic N) is 3. The van der Waals surface area contributed by atoms with Crippen LogP contribution in [-0.2, 0) is 4.74 Å². The zero-order valence-corrected chi connectivity index (χ0v) is 17.9. The molecule has 0 unspecified atom stereocenters. The number of hydrazone groups is 1. The number of piperidine rings is 1. The van der Waals surface area contributed by atoms with Gasteiger partial charge in [-0.25, -0.2) is 5.43 Å². The molecule has 4 rings (SSSR count). The summed E-state index contributed by atoms with van der Waals surface area (Å²) in [6, 6.07) is 15.8. The number of aliphatic hydroxyl groups is 1. The van der Waals surface area contributed by atoms with Crippen molar-refractivity contribution in [1.82, 2.24) is 10.3 Å². The lowest BCUT2D eigenvalue weighted by Gasteiger charge is -2.39. The van der Waals surface area contributed by atoms with Gasteiger partial charge in [0.05, 0.1) is 27.1 Å². The van der Waals surface area contributed by atoms with E-state index in [0.29, 0.717) is 31.5 Å². The number of fused-ring (bicyclic) bond motifs is 1. The van der Waals surface area contributed by atoms with E-state index in [2.05, 4.69) is 21.5 Å². The van der Waals surface area contributed by atoms with E-state index < -0.39 is 12.6 Å². The Balaban J connectivity index is 0.000000226. The van der Waals surface area contributed by atoms with E-state index in [-0.39, 0.29) is 5.88 Å². The van der Waals surface area contributed by atoms with Crippen molar-refractivity contribution >= 4 is 16.5 Å². The Morgan fingerprint density at radius 3 is 2.65 bits per heavy atom. The van der Waals surface area contributed by atoms with E-state index >= 15 is 0 Å². The Morgan fingerprint density at radius 2 is 1.97 bits per heavy atom. The highest BCUT2D eigenvalue weighted by atomic mass is 16.5. The van der Waals surface area contributed by atoms with Gasteiger partial charge in [0.15, 0.2) is 0 Å². The van der Waals surface area contributed by atoms with Gasteiger partial charge in [-0.2, -0.15) is 10.4 Å². The summed E-state index contributed by atoms with van der Waals surface area (Å²) >= 11 is 0. The minimum absolute atomic E-state index is 0.00165. The standard InChI is InChI=1S/C14H23N3O2.C11H7N/c1-4-11-9-12(10-13(18)16-15-11)17-7-5-14(2,19-3)6-8-17;12-8-9-5-6-10-3-1-2-4-11(10)7-9/h9-10,16,18H,4-8H2,1-3H3;1-7H/i3D3;. The Kier molecular flexibility index (Phi) is 6.04. The van der Waals surface area contributed by atoms with Crippen LogP contribution < -0.4 is 5.43 Å². The number of nitriles is 1. The zero-order chi connectivity index (χ0) is 24.8. The van der Waals surface area contributed by atoms with Crippen molar-refractivity contribution in [3.63, 3.8) is 0 Å². The molecule has 0 saturated carbocycles. The molecule has 2 aliphatic heterocycles. The lowest BCUT2D eigenvalue weighted by Crippen LogP contribution is -2.43. The fraction of sp³-hybridized carbons (Fsp3) is 0.360. The van der Waals surface area contributed by atoms with Crippen LogP contribution in [-0.4, -0.2) is 41.4 Å². The molecule has 6 heteroatoms. The van der Waals surface area contributed by atoms with Crippen LogP contribution in [0.1, 0.15) is 42.8 Å². The van der Waals surface area contributed by atoms with Crippen molar-refractivity contribution in [1.29, 1.82) is 5.26 Å². The maximum absolute atomic E-state index is 9.74. The van der Waals surface area contributed by atoms with Crippen molar-refractivity contribution in [3.05, 3.63) is 71.8 Å². The zero-order valence-electron chi connectivity index (χ0n) is 20.9. The molecule has 0 atom stereocenters. The molecule has 0 spiro atoms. The van der Waals surface area contributed by atoms with Gasteiger partial charge in [0.1, 0.15) is 0 Å². The molecule has 0 aromatic heterocycles. The molecular formula is C25H30N4O2. The van der Waals surface area contributed by atoms with Crippen LogP contribution in [0.5, 0.6) is 0 Å². The molecule has 2 aromatic rings. The summed E-state index contributed by atoms with van der Waals surface area (Å²) in [5.41, 5.74) is 4.39. The molecule has 2 heterocycles. The predicted octanol–water partition coefficient (Wildman–Crippen LogP) is 4.85. The molecule has 1 saturated heterocycles. The minimum Gasteiger partial charge on any atom is -0.494 e. The molecule has 0 radical (unpaired) electrons. The van der Waals surface area contributed by atoms with Gasteiger partial charge in [-0.05, 0) is 55.2 Å². The molecule has 2 aromatic carbocycles. The molecule has 0 amide bonds. The highest BCUT2D eigenvalue weighted by molar-refractivity contribution is 5.95. The maximum Gasteiger partial charge on any atom is 0.206 e. The third-order valence-electron chi connectivity index (χ3n) is 5.59. The first-order valence-electron chi connectivity index (χ1n) is 11.9. The van der Waals surface area contributed by atoms with E-state index in [1.54, 1.807) is 6.08 Å². The topological polar surface area (TPSA) is 80.9 Å². The predicted molar refractivity (Wildman–Crippen MR) is 125 cm³/mol. The largest absolute Gasteiger partial charge is 0.494 e. The molecule has 0 bridgehead atoms. The summed E-state index contributed by atoms with van der Waals surface area (Å²) in [5, 5.41) is 24.8. The Morgan fingerprint density at radius 1 is 1.23 bits per heavy atom. The SMILES string of the molecule is N#Cc1ccc2ccccc2c1.[2H]C([2H])([2H])OC1(C)CCN(C2=CC(CC)=NNC(O)=C2)CC1. The highest BCUT2D eigenvalue weighted by Crippen LogP contribution is 2.27. The van der Waals surface area contributed by atoms with Crippen molar-refractivity contribution in [2.45, 2.75) is 38.7 Å². The molecule has 1 fully saturated rings. The molecule has 6 nitrogen and oxygen atoms in total. The number of aliphatic hydroxyl groups excluding tert-OH is 1. The van der Waals surface area contributed by atoms with E-state index in [1.165, 1.54) is 5.39 Å². The van der Waals surface area contributed by atoms with Crippen LogP contribution in [0, 0.1) is 11.3 Å². The number of hydrogen-bond acceptors (Lipinski definition) is 6. The van der Waals surface area contributed by atoms with Gasteiger partial charge < -0.3 is 14.7 Å². The Bertz CT molecular complexity index is 1140. The maximum atomic E-state index is 9.74. The number of rotatable bonds is 3. The van der Waals surface area contributed by atoms with Gasteiger partial charge in [0.25, 0.3) is 0 Å². The summed E-state index contributed by atoms with van der Waals surface area (Å²) in [6.07, 6.45) is 5.56. The highest BCUT2D eigenvalue weighted by Gasteiger charge is 2.30. The number of methoxy groups -OCH3 is 1. The van der Waals surface area contributed by atoms with Gasteiger partial charge in [0.2, 0.25) is 5.88 Å². The number of hydrogen-bond donors (Lipinski definition) is 2.